The summed E-state index contributed by atoms with van der Waals surface area (Å²) in [5.41, 5.74) is -2.34. The van der Waals surface area contributed by atoms with Crippen LogP contribution in [0.4, 0.5) is 0 Å². The lowest BCUT2D eigenvalue weighted by Gasteiger charge is -2.48. The van der Waals surface area contributed by atoms with E-state index in [0.717, 1.165) is 0 Å². The number of hydrogen-bond acceptors (Lipinski definition) is 9. The highest BCUT2D eigenvalue weighted by Crippen LogP contribution is 2.75. The van der Waals surface area contributed by atoms with Crippen molar-refractivity contribution in [2.45, 2.75) is 31.3 Å². The van der Waals surface area contributed by atoms with Gasteiger partial charge in [0.1, 0.15) is 5.60 Å². The molecule has 0 aliphatic carbocycles. The third-order valence-corrected chi connectivity index (χ3v) is 8.27. The number of hydrogen-bond donors (Lipinski definition) is 0. The largest absolute Gasteiger partial charge is 0.654 e. The molecule has 164 valence electrons. The molecule has 6 aliphatic rings. The molecule has 6 rings (SSSR count). The standard InChI is InChI=1S/C14H16Cl4O9P2/c15-5-1-13(2-6-16,9-10-23-28(19,22-9)24-10)14(3-7-17,4-8-18)21-11-12-26-29(20,25-11)27-12/h1-8H2. The van der Waals surface area contributed by atoms with Crippen molar-refractivity contribution >= 4 is 62.0 Å². The summed E-state index contributed by atoms with van der Waals surface area (Å²) in [6, 6.07) is 0. The van der Waals surface area contributed by atoms with E-state index in [0.29, 0.717) is 0 Å². The van der Waals surface area contributed by atoms with E-state index < -0.39 is 26.7 Å². The lowest BCUT2D eigenvalue weighted by atomic mass is 9.63. The number of ether oxygens (including phenoxy) is 1. The van der Waals surface area contributed by atoms with Crippen molar-refractivity contribution in [1.29, 1.82) is 0 Å². The van der Waals surface area contributed by atoms with Gasteiger partial charge >= 0.3 is 33.5 Å². The first-order chi connectivity index (χ1) is 13.8. The summed E-state index contributed by atoms with van der Waals surface area (Å²) in [5, 5.41) is 0. The molecule has 0 aromatic rings. The van der Waals surface area contributed by atoms with Crippen molar-refractivity contribution in [2.24, 2.45) is 5.41 Å². The number of rotatable bonds is 12. The van der Waals surface area contributed by atoms with Crippen molar-refractivity contribution in [2.75, 3.05) is 23.5 Å². The predicted molar refractivity (Wildman–Crippen MR) is 103 cm³/mol. The third kappa shape index (κ3) is 3.37. The van der Waals surface area contributed by atoms with Crippen molar-refractivity contribution in [3.63, 3.8) is 0 Å². The second kappa shape index (κ2) is 7.68. The SMILES string of the molecule is O=P12OC(OC(CCCl)(CCCl)C(CCCl)(CCCl)C3=C4OP(=O)(O4)O3)=C(O1)O2. The highest BCUT2D eigenvalue weighted by molar-refractivity contribution is 7.50. The highest BCUT2D eigenvalue weighted by Gasteiger charge is 2.68. The average Bonchev–Trinajstić information content (AvgIpc) is 3.30. The van der Waals surface area contributed by atoms with Crippen LogP contribution in [-0.4, -0.2) is 29.1 Å². The minimum Gasteiger partial charge on any atom is -0.452 e. The van der Waals surface area contributed by atoms with Gasteiger partial charge in [-0.05, 0) is 12.8 Å². The van der Waals surface area contributed by atoms with Crippen LogP contribution >= 0.6 is 62.0 Å². The molecule has 0 aromatic carbocycles. The molecule has 2 saturated heterocycles. The molecule has 0 unspecified atom stereocenters. The molecule has 9 nitrogen and oxygen atoms in total. The van der Waals surface area contributed by atoms with E-state index in [4.69, 9.17) is 78.3 Å². The molecule has 15 heteroatoms. The van der Waals surface area contributed by atoms with Gasteiger partial charge in [-0.1, -0.05) is 0 Å². The molecule has 6 aliphatic heterocycles. The molecule has 0 radical (unpaired) electrons. The Morgan fingerprint density at radius 1 is 0.690 bits per heavy atom. The quantitative estimate of drug-likeness (QED) is 0.225. The number of halogens is 4. The first kappa shape index (κ1) is 21.9. The zero-order chi connectivity index (χ0) is 20.9. The van der Waals surface area contributed by atoms with E-state index in [-0.39, 0.29) is 72.8 Å². The first-order valence-electron chi connectivity index (χ1n) is 8.58. The van der Waals surface area contributed by atoms with Gasteiger partial charge in [0.2, 0.25) is 5.76 Å². The Kier molecular flexibility index (Phi) is 5.81. The summed E-state index contributed by atoms with van der Waals surface area (Å²) in [4.78, 5) is 0. The van der Waals surface area contributed by atoms with Crippen molar-refractivity contribution in [3.8, 4) is 0 Å². The maximum Gasteiger partial charge on any atom is 0.654 e. The molecular formula is C14H16Cl4O9P2. The van der Waals surface area contributed by atoms with Crippen LogP contribution in [0.15, 0.2) is 23.6 Å². The predicted octanol–water partition coefficient (Wildman–Crippen LogP) is 5.91. The Bertz CT molecular complexity index is 824. The molecule has 0 spiro atoms. The Labute approximate surface area is 186 Å². The maximum atomic E-state index is 12.3. The van der Waals surface area contributed by atoms with Gasteiger partial charge in [-0.3, -0.25) is 0 Å². The summed E-state index contributed by atoms with van der Waals surface area (Å²) >= 11 is 24.6. The van der Waals surface area contributed by atoms with Crippen LogP contribution in [0.1, 0.15) is 25.7 Å². The summed E-state index contributed by atoms with van der Waals surface area (Å²) in [6.07, 6.45) is 0.985. The molecule has 2 fully saturated rings. The molecule has 0 aromatic heterocycles. The van der Waals surface area contributed by atoms with Gasteiger partial charge in [0.25, 0.3) is 0 Å². The molecule has 0 amide bonds. The molecule has 0 atom stereocenters. The van der Waals surface area contributed by atoms with Gasteiger partial charge in [-0.2, -0.15) is 9.13 Å². The second-order valence-corrected chi connectivity index (χ2v) is 11.0. The van der Waals surface area contributed by atoms with Crippen molar-refractivity contribution in [3.05, 3.63) is 23.6 Å². The Morgan fingerprint density at radius 2 is 1.17 bits per heavy atom. The monoisotopic (exact) mass is 530 g/mol. The minimum absolute atomic E-state index is 0.0183. The third-order valence-electron chi connectivity index (χ3n) is 5.16. The summed E-state index contributed by atoms with van der Waals surface area (Å²) < 4.78 is 61.4. The van der Waals surface area contributed by atoms with E-state index >= 15 is 0 Å². The average molecular weight is 532 g/mol. The van der Waals surface area contributed by atoms with Crippen molar-refractivity contribution < 1.29 is 41.0 Å². The van der Waals surface area contributed by atoms with E-state index in [1.807, 2.05) is 0 Å². The highest BCUT2D eigenvalue weighted by atomic mass is 35.5. The summed E-state index contributed by atoms with van der Waals surface area (Å²) in [5.74, 6) is 0.436. The first-order valence-corrected chi connectivity index (χ1v) is 13.6. The Morgan fingerprint density at radius 3 is 1.55 bits per heavy atom. The van der Waals surface area contributed by atoms with E-state index in [2.05, 4.69) is 0 Å². The van der Waals surface area contributed by atoms with Crippen LogP contribution in [-0.2, 0) is 41.0 Å². The Hall–Kier alpha value is -0.300. The number of phosphoric ester groups is 2. The zero-order valence-electron chi connectivity index (χ0n) is 14.7. The fraction of sp³-hybridized carbons (Fsp3) is 0.714. The van der Waals surface area contributed by atoms with Gasteiger partial charge in [0.05, 0.1) is 5.41 Å². The number of alkyl halides is 4. The van der Waals surface area contributed by atoms with Gasteiger partial charge in [-0.15, -0.1) is 46.4 Å². The van der Waals surface area contributed by atoms with Gasteiger partial charge in [0, 0.05) is 36.4 Å². The number of fused-ring (bicyclic) bond motifs is 2. The van der Waals surface area contributed by atoms with Gasteiger partial charge in [0.15, 0.2) is 0 Å². The Balaban J connectivity index is 1.81. The molecule has 4 bridgehead atoms. The normalized spacial score (nSPS) is 22.3. The van der Waals surface area contributed by atoms with Crippen LogP contribution < -0.4 is 0 Å². The smallest absolute Gasteiger partial charge is 0.452 e. The van der Waals surface area contributed by atoms with E-state index in [1.165, 1.54) is 0 Å². The lowest BCUT2D eigenvalue weighted by Crippen LogP contribution is -2.53. The van der Waals surface area contributed by atoms with Crippen LogP contribution in [0.3, 0.4) is 0 Å². The fourth-order valence-electron chi connectivity index (χ4n) is 3.91. The topological polar surface area (TPSA) is 98.8 Å². The molecule has 6 heterocycles. The van der Waals surface area contributed by atoms with Gasteiger partial charge < -0.3 is 31.9 Å². The summed E-state index contributed by atoms with van der Waals surface area (Å²) in [7, 11) is -7.33. The van der Waals surface area contributed by atoms with E-state index in [9.17, 15) is 9.13 Å². The molecule has 29 heavy (non-hydrogen) atoms. The maximum absolute atomic E-state index is 12.3. The zero-order valence-corrected chi connectivity index (χ0v) is 19.5. The number of phosphoric acid groups is 2. The van der Waals surface area contributed by atoms with Gasteiger partial charge in [-0.25, -0.2) is 0 Å². The fourth-order valence-corrected chi connectivity index (χ4v) is 7.25. The minimum atomic E-state index is -3.68. The summed E-state index contributed by atoms with van der Waals surface area (Å²) in [6.45, 7) is 0. The molecule has 0 saturated carbocycles. The van der Waals surface area contributed by atoms with E-state index in [1.54, 1.807) is 0 Å². The van der Waals surface area contributed by atoms with Crippen LogP contribution in [0.25, 0.3) is 0 Å². The molecule has 0 N–H and O–H groups in total. The van der Waals surface area contributed by atoms with Crippen LogP contribution in [0, 0.1) is 5.41 Å². The lowest BCUT2D eigenvalue weighted by molar-refractivity contribution is -0.132. The molecular weight excluding hydrogens is 516 g/mol. The van der Waals surface area contributed by atoms with Crippen LogP contribution in [0.5, 0.6) is 0 Å². The second-order valence-electron chi connectivity index (χ2n) is 6.57. The van der Waals surface area contributed by atoms with Crippen LogP contribution in [0.2, 0.25) is 0 Å². The van der Waals surface area contributed by atoms with Crippen molar-refractivity contribution in [1.82, 2.24) is 0 Å².